The maximum Gasteiger partial charge on any atom is 0.411 e. The molecule has 0 saturated heterocycles. The van der Waals surface area contributed by atoms with Crippen LogP contribution in [0.15, 0.2) is 18.2 Å². The van der Waals surface area contributed by atoms with Gasteiger partial charge in [-0.3, -0.25) is 5.32 Å². The lowest BCUT2D eigenvalue weighted by Gasteiger charge is -2.08. The molecule has 5 nitrogen and oxygen atoms in total. The van der Waals surface area contributed by atoms with Crippen molar-refractivity contribution in [3.8, 4) is 11.8 Å². The normalized spacial score (nSPS) is 9.06. The molecule has 0 bridgehead atoms. The zero-order valence-electron chi connectivity index (χ0n) is 9.11. The van der Waals surface area contributed by atoms with Crippen molar-refractivity contribution in [3.63, 3.8) is 0 Å². The van der Waals surface area contributed by atoms with Gasteiger partial charge in [0.25, 0.3) is 0 Å². The molecule has 0 radical (unpaired) electrons. The molecule has 1 aromatic rings. The number of nitriles is 1. The van der Waals surface area contributed by atoms with Crippen LogP contribution < -0.4 is 10.1 Å². The van der Waals surface area contributed by atoms with E-state index in [-0.39, 0.29) is 6.61 Å². The first-order valence-electron chi connectivity index (χ1n) is 4.73. The lowest BCUT2D eigenvalue weighted by atomic mass is 10.2. The van der Waals surface area contributed by atoms with Crippen molar-refractivity contribution in [1.29, 1.82) is 5.26 Å². The Kier molecular flexibility index (Phi) is 4.16. The van der Waals surface area contributed by atoms with Gasteiger partial charge in [-0.2, -0.15) is 5.26 Å². The summed E-state index contributed by atoms with van der Waals surface area (Å²) < 4.78 is 9.71. The first-order chi connectivity index (χ1) is 7.71. The minimum absolute atomic E-state index is 0.275. The largest absolute Gasteiger partial charge is 0.497 e. The van der Waals surface area contributed by atoms with Crippen LogP contribution in [-0.2, 0) is 4.74 Å². The summed E-state index contributed by atoms with van der Waals surface area (Å²) in [5, 5.41) is 11.3. The molecule has 0 spiro atoms. The molecule has 1 amide bonds. The summed E-state index contributed by atoms with van der Waals surface area (Å²) in [7, 11) is 1.51. The highest BCUT2D eigenvalue weighted by Crippen LogP contribution is 2.21. The first kappa shape index (κ1) is 11.9. The van der Waals surface area contributed by atoms with Gasteiger partial charge >= 0.3 is 6.09 Å². The molecule has 1 rings (SSSR count). The highest BCUT2D eigenvalue weighted by atomic mass is 16.5. The van der Waals surface area contributed by atoms with Crippen LogP contribution in [0.25, 0.3) is 0 Å². The van der Waals surface area contributed by atoms with Crippen molar-refractivity contribution in [2.24, 2.45) is 0 Å². The van der Waals surface area contributed by atoms with E-state index < -0.39 is 6.09 Å². The summed E-state index contributed by atoms with van der Waals surface area (Å²) in [5.74, 6) is 0.561. The minimum Gasteiger partial charge on any atom is -0.497 e. The van der Waals surface area contributed by atoms with Gasteiger partial charge in [0.05, 0.1) is 25.0 Å². The Hall–Kier alpha value is -2.22. The van der Waals surface area contributed by atoms with Gasteiger partial charge in [-0.05, 0) is 19.1 Å². The Bertz CT molecular complexity index is 424. The fourth-order valence-electron chi connectivity index (χ4n) is 1.13. The molecule has 0 atom stereocenters. The Morgan fingerprint density at radius 2 is 2.31 bits per heavy atom. The molecular weight excluding hydrogens is 208 g/mol. The smallest absolute Gasteiger partial charge is 0.411 e. The fraction of sp³-hybridized carbons (Fsp3) is 0.273. The van der Waals surface area contributed by atoms with Crippen LogP contribution in [0.3, 0.4) is 0 Å². The number of benzene rings is 1. The molecule has 0 fully saturated rings. The quantitative estimate of drug-likeness (QED) is 0.847. The van der Waals surface area contributed by atoms with Gasteiger partial charge < -0.3 is 9.47 Å². The Labute approximate surface area is 93.6 Å². The third-order valence-corrected chi connectivity index (χ3v) is 1.86. The summed E-state index contributed by atoms with van der Waals surface area (Å²) in [6, 6.07) is 6.75. The standard InChI is InChI=1S/C11H12N2O3/c1-3-16-11(14)13-10-6-9(15-2)5-4-8(10)7-12/h4-6H,3H2,1-2H3,(H,13,14). The molecule has 0 heterocycles. The van der Waals surface area contributed by atoms with Gasteiger partial charge in [-0.25, -0.2) is 4.79 Å². The highest BCUT2D eigenvalue weighted by molar-refractivity contribution is 5.86. The summed E-state index contributed by atoms with van der Waals surface area (Å²) >= 11 is 0. The van der Waals surface area contributed by atoms with Gasteiger partial charge in [0.1, 0.15) is 11.8 Å². The van der Waals surface area contributed by atoms with Crippen molar-refractivity contribution in [2.75, 3.05) is 19.0 Å². The number of nitrogens with one attached hydrogen (secondary N) is 1. The minimum atomic E-state index is -0.591. The number of methoxy groups -OCH3 is 1. The molecular formula is C11H12N2O3. The monoisotopic (exact) mass is 220 g/mol. The number of hydrogen-bond donors (Lipinski definition) is 1. The third kappa shape index (κ3) is 2.89. The summed E-state index contributed by atoms with van der Waals surface area (Å²) in [6.07, 6.45) is -0.591. The summed E-state index contributed by atoms with van der Waals surface area (Å²) in [5.41, 5.74) is 0.731. The topological polar surface area (TPSA) is 71.3 Å². The predicted molar refractivity (Wildman–Crippen MR) is 58.4 cm³/mol. The van der Waals surface area contributed by atoms with Crippen molar-refractivity contribution in [3.05, 3.63) is 23.8 Å². The van der Waals surface area contributed by atoms with Gasteiger partial charge in [0.2, 0.25) is 0 Å². The average molecular weight is 220 g/mol. The average Bonchev–Trinajstić information content (AvgIpc) is 2.29. The van der Waals surface area contributed by atoms with Crippen LogP contribution in [0.5, 0.6) is 5.75 Å². The predicted octanol–water partition coefficient (Wildman–Crippen LogP) is 2.14. The van der Waals surface area contributed by atoms with E-state index in [0.29, 0.717) is 17.0 Å². The van der Waals surface area contributed by atoms with E-state index in [0.717, 1.165) is 0 Å². The Morgan fingerprint density at radius 3 is 2.88 bits per heavy atom. The third-order valence-electron chi connectivity index (χ3n) is 1.86. The van der Waals surface area contributed by atoms with Crippen LogP contribution in [0.2, 0.25) is 0 Å². The summed E-state index contributed by atoms with van der Waals surface area (Å²) in [4.78, 5) is 11.2. The molecule has 0 aliphatic rings. The molecule has 0 aliphatic carbocycles. The number of hydrogen-bond acceptors (Lipinski definition) is 4. The van der Waals surface area contributed by atoms with Crippen LogP contribution >= 0.6 is 0 Å². The van der Waals surface area contributed by atoms with Crippen molar-refractivity contribution in [2.45, 2.75) is 6.92 Å². The lowest BCUT2D eigenvalue weighted by Crippen LogP contribution is -2.14. The molecule has 0 saturated carbocycles. The second kappa shape index (κ2) is 5.61. The zero-order chi connectivity index (χ0) is 12.0. The highest BCUT2D eigenvalue weighted by Gasteiger charge is 2.08. The van der Waals surface area contributed by atoms with Crippen LogP contribution in [0, 0.1) is 11.3 Å². The maximum absolute atomic E-state index is 11.2. The molecule has 1 N–H and O–H groups in total. The van der Waals surface area contributed by atoms with E-state index in [4.69, 9.17) is 14.7 Å². The number of carbonyl (C=O) groups is 1. The van der Waals surface area contributed by atoms with Gasteiger partial charge in [-0.15, -0.1) is 0 Å². The Balaban J connectivity index is 2.92. The van der Waals surface area contributed by atoms with Crippen molar-refractivity contribution in [1.82, 2.24) is 0 Å². The number of carbonyl (C=O) groups excluding carboxylic acids is 1. The lowest BCUT2D eigenvalue weighted by molar-refractivity contribution is 0.168. The number of nitrogens with zero attached hydrogens (tertiary/aromatic N) is 1. The Morgan fingerprint density at radius 1 is 1.56 bits per heavy atom. The first-order valence-corrected chi connectivity index (χ1v) is 4.73. The molecule has 84 valence electrons. The molecule has 0 aliphatic heterocycles. The maximum atomic E-state index is 11.2. The van der Waals surface area contributed by atoms with E-state index in [1.807, 2.05) is 6.07 Å². The zero-order valence-corrected chi connectivity index (χ0v) is 9.11. The number of ether oxygens (including phenoxy) is 2. The second-order valence-electron chi connectivity index (χ2n) is 2.87. The van der Waals surface area contributed by atoms with Crippen LogP contribution in [0.1, 0.15) is 12.5 Å². The fourth-order valence-corrected chi connectivity index (χ4v) is 1.13. The van der Waals surface area contributed by atoms with E-state index >= 15 is 0 Å². The van der Waals surface area contributed by atoms with Gasteiger partial charge in [0.15, 0.2) is 0 Å². The van der Waals surface area contributed by atoms with Crippen molar-refractivity contribution >= 4 is 11.8 Å². The van der Waals surface area contributed by atoms with E-state index in [1.165, 1.54) is 7.11 Å². The SMILES string of the molecule is CCOC(=O)Nc1cc(OC)ccc1C#N. The number of anilines is 1. The molecule has 0 unspecified atom stereocenters. The molecule has 0 aromatic heterocycles. The van der Waals surface area contributed by atoms with Crippen LogP contribution in [-0.4, -0.2) is 19.8 Å². The molecule has 5 heteroatoms. The van der Waals surface area contributed by atoms with E-state index in [9.17, 15) is 4.79 Å². The van der Waals surface area contributed by atoms with Gasteiger partial charge in [0, 0.05) is 6.07 Å². The van der Waals surface area contributed by atoms with Crippen molar-refractivity contribution < 1.29 is 14.3 Å². The van der Waals surface area contributed by atoms with Crippen LogP contribution in [0.4, 0.5) is 10.5 Å². The van der Waals surface area contributed by atoms with E-state index in [2.05, 4.69) is 5.32 Å². The van der Waals surface area contributed by atoms with Gasteiger partial charge in [-0.1, -0.05) is 0 Å². The van der Waals surface area contributed by atoms with E-state index in [1.54, 1.807) is 25.1 Å². The molecule has 16 heavy (non-hydrogen) atoms. The summed E-state index contributed by atoms with van der Waals surface area (Å²) in [6.45, 7) is 1.98. The number of rotatable bonds is 3. The second-order valence-corrected chi connectivity index (χ2v) is 2.87. The molecule has 1 aromatic carbocycles. The number of amides is 1.